The second-order valence-corrected chi connectivity index (χ2v) is 9.67. The lowest BCUT2D eigenvalue weighted by atomic mass is 9.73. The van der Waals surface area contributed by atoms with Crippen molar-refractivity contribution in [2.45, 2.75) is 78.6 Å². The molecule has 1 aromatic heterocycles. The van der Waals surface area contributed by atoms with E-state index in [0.29, 0.717) is 5.69 Å². The van der Waals surface area contributed by atoms with Gasteiger partial charge in [0.2, 0.25) is 0 Å². The third kappa shape index (κ3) is 4.25. The molecular weight excluding hydrogens is 330 g/mol. The number of rotatable bonds is 2. The van der Waals surface area contributed by atoms with Crippen LogP contribution < -0.4 is 0 Å². The van der Waals surface area contributed by atoms with Crippen molar-refractivity contribution in [2.24, 2.45) is 0 Å². The van der Waals surface area contributed by atoms with Gasteiger partial charge >= 0.3 is 11.9 Å². The molecule has 0 amide bonds. The van der Waals surface area contributed by atoms with Crippen LogP contribution in [0.2, 0.25) is 0 Å². The number of hydrogen-bond acceptors (Lipinski definition) is 5. The van der Waals surface area contributed by atoms with E-state index < -0.39 is 22.8 Å². The van der Waals surface area contributed by atoms with Crippen LogP contribution in [-0.2, 0) is 25.7 Å². The van der Waals surface area contributed by atoms with E-state index in [1.165, 1.54) is 14.2 Å². The van der Waals surface area contributed by atoms with Crippen LogP contribution in [0.3, 0.4) is 0 Å². The van der Waals surface area contributed by atoms with E-state index >= 15 is 0 Å². The summed E-state index contributed by atoms with van der Waals surface area (Å²) in [4.78, 5) is 30.4. The fraction of sp³-hybridized carbons (Fsp3) is 0.667. The number of ether oxygens (including phenoxy) is 2. The van der Waals surface area contributed by atoms with Gasteiger partial charge in [-0.15, -0.1) is 0 Å². The summed E-state index contributed by atoms with van der Waals surface area (Å²) >= 11 is 0. The Morgan fingerprint density at radius 2 is 1.04 bits per heavy atom. The number of nitrogens with zero attached hydrogens (tertiary/aromatic N) is 1. The smallest absolute Gasteiger partial charge is 0.340 e. The molecule has 26 heavy (non-hydrogen) atoms. The molecule has 0 radical (unpaired) electrons. The van der Waals surface area contributed by atoms with Crippen LogP contribution in [-0.4, -0.2) is 31.1 Å². The summed E-state index contributed by atoms with van der Waals surface area (Å²) in [6, 6.07) is 0. The Hall–Kier alpha value is -1.91. The SMILES string of the molecule is COC(=O)c1c(C(C)(C)C)nc(C(C)(C)C)c(C(C)(C)C)c1C(=O)OC. The van der Waals surface area contributed by atoms with E-state index in [1.807, 2.05) is 41.5 Å². The third-order valence-electron chi connectivity index (χ3n) is 4.15. The van der Waals surface area contributed by atoms with Crippen molar-refractivity contribution in [3.05, 3.63) is 28.1 Å². The number of carbonyl (C=O) groups is 2. The Morgan fingerprint density at radius 3 is 1.35 bits per heavy atom. The van der Waals surface area contributed by atoms with Crippen LogP contribution >= 0.6 is 0 Å². The molecule has 0 unspecified atom stereocenters. The topological polar surface area (TPSA) is 65.5 Å². The number of pyridine rings is 1. The number of aromatic nitrogens is 1. The summed E-state index contributed by atoms with van der Waals surface area (Å²) in [5.41, 5.74) is 1.33. The lowest BCUT2D eigenvalue weighted by Gasteiger charge is -2.34. The zero-order valence-corrected chi connectivity index (χ0v) is 18.1. The van der Waals surface area contributed by atoms with Gasteiger partial charge in [-0.05, 0) is 11.0 Å². The first kappa shape index (κ1) is 22.1. The van der Waals surface area contributed by atoms with E-state index in [1.54, 1.807) is 0 Å². The van der Waals surface area contributed by atoms with Gasteiger partial charge in [-0.3, -0.25) is 4.98 Å². The maximum Gasteiger partial charge on any atom is 0.340 e. The van der Waals surface area contributed by atoms with Crippen LogP contribution in [0.15, 0.2) is 0 Å². The lowest BCUT2D eigenvalue weighted by Crippen LogP contribution is -2.33. The second kappa shape index (κ2) is 7.01. The molecule has 5 heteroatoms. The van der Waals surface area contributed by atoms with Gasteiger partial charge in [-0.25, -0.2) is 9.59 Å². The molecule has 1 rings (SSSR count). The molecule has 0 fully saturated rings. The van der Waals surface area contributed by atoms with E-state index in [4.69, 9.17) is 14.5 Å². The van der Waals surface area contributed by atoms with Crippen molar-refractivity contribution < 1.29 is 19.1 Å². The number of esters is 2. The number of hydrogen-bond donors (Lipinski definition) is 0. The van der Waals surface area contributed by atoms with Gasteiger partial charge in [-0.2, -0.15) is 0 Å². The molecule has 0 N–H and O–H groups in total. The Balaban J connectivity index is 4.32. The first-order valence-corrected chi connectivity index (χ1v) is 8.83. The summed E-state index contributed by atoms with van der Waals surface area (Å²) in [5.74, 6) is -1.12. The number of carbonyl (C=O) groups excluding carboxylic acids is 2. The predicted octanol–water partition coefficient (Wildman–Crippen LogP) is 4.55. The fourth-order valence-electron chi connectivity index (χ4n) is 3.01. The minimum atomic E-state index is -0.575. The standard InChI is InChI=1S/C21H33NO4/c1-19(2,3)14-12(17(23)25-10)13(18(24)26-11)15(20(4,5)6)22-16(14)21(7,8)9/h1-11H3. The normalized spacial score (nSPS) is 12.7. The van der Waals surface area contributed by atoms with Crippen molar-refractivity contribution >= 4 is 11.9 Å². The van der Waals surface area contributed by atoms with Crippen LogP contribution in [0.25, 0.3) is 0 Å². The molecule has 0 aliphatic carbocycles. The van der Waals surface area contributed by atoms with E-state index in [2.05, 4.69) is 20.8 Å². The first-order chi connectivity index (χ1) is 11.6. The van der Waals surface area contributed by atoms with Crippen molar-refractivity contribution in [1.82, 2.24) is 4.98 Å². The summed E-state index contributed by atoms with van der Waals surface area (Å²) < 4.78 is 10.1. The molecule has 1 aromatic rings. The van der Waals surface area contributed by atoms with Crippen molar-refractivity contribution in [3.63, 3.8) is 0 Å². The molecule has 0 aliphatic heterocycles. The summed E-state index contributed by atoms with van der Waals surface area (Å²) in [5, 5.41) is 0. The molecule has 0 bridgehead atoms. The highest BCUT2D eigenvalue weighted by atomic mass is 16.5. The molecule has 0 aliphatic rings. The summed E-state index contributed by atoms with van der Waals surface area (Å²) in [6.07, 6.45) is 0. The van der Waals surface area contributed by atoms with Crippen molar-refractivity contribution in [1.29, 1.82) is 0 Å². The Kier molecular flexibility index (Phi) is 5.97. The molecule has 0 saturated carbocycles. The molecule has 0 saturated heterocycles. The van der Waals surface area contributed by atoms with E-state index in [0.717, 1.165) is 11.3 Å². The van der Waals surface area contributed by atoms with E-state index in [9.17, 15) is 9.59 Å². The molecule has 0 spiro atoms. The van der Waals surface area contributed by atoms with E-state index in [-0.39, 0.29) is 16.5 Å². The van der Waals surface area contributed by atoms with Crippen LogP contribution in [0.5, 0.6) is 0 Å². The van der Waals surface area contributed by atoms with Gasteiger partial charge in [0.1, 0.15) is 0 Å². The van der Waals surface area contributed by atoms with Crippen LogP contribution in [0.1, 0.15) is 100.0 Å². The van der Waals surface area contributed by atoms with Crippen LogP contribution in [0.4, 0.5) is 0 Å². The van der Waals surface area contributed by atoms with Gasteiger partial charge in [0, 0.05) is 10.8 Å². The highest BCUT2D eigenvalue weighted by Gasteiger charge is 2.39. The quantitative estimate of drug-likeness (QED) is 0.721. The number of methoxy groups -OCH3 is 2. The maximum atomic E-state index is 12.8. The van der Waals surface area contributed by atoms with Gasteiger partial charge < -0.3 is 9.47 Å². The molecule has 0 aromatic carbocycles. The van der Waals surface area contributed by atoms with Gasteiger partial charge in [0.25, 0.3) is 0 Å². The van der Waals surface area contributed by atoms with Gasteiger partial charge in [0.15, 0.2) is 0 Å². The molecule has 1 heterocycles. The molecule has 0 atom stereocenters. The largest absolute Gasteiger partial charge is 0.465 e. The average molecular weight is 363 g/mol. The highest BCUT2D eigenvalue weighted by Crippen LogP contribution is 2.40. The Bertz CT molecular complexity index is 713. The third-order valence-corrected chi connectivity index (χ3v) is 4.15. The average Bonchev–Trinajstić information content (AvgIpc) is 2.48. The lowest BCUT2D eigenvalue weighted by molar-refractivity contribution is 0.0549. The Morgan fingerprint density at radius 1 is 0.654 bits per heavy atom. The molecular formula is C21H33NO4. The fourth-order valence-corrected chi connectivity index (χ4v) is 3.01. The molecule has 5 nitrogen and oxygen atoms in total. The minimum absolute atomic E-state index is 0.199. The maximum absolute atomic E-state index is 12.8. The monoisotopic (exact) mass is 363 g/mol. The zero-order chi connectivity index (χ0) is 20.7. The van der Waals surface area contributed by atoms with Gasteiger partial charge in [0.05, 0.1) is 36.7 Å². The zero-order valence-electron chi connectivity index (χ0n) is 18.1. The van der Waals surface area contributed by atoms with Crippen molar-refractivity contribution in [2.75, 3.05) is 14.2 Å². The minimum Gasteiger partial charge on any atom is -0.465 e. The van der Waals surface area contributed by atoms with Gasteiger partial charge in [-0.1, -0.05) is 62.3 Å². The summed E-state index contributed by atoms with van der Waals surface area (Å²) in [6.45, 7) is 18.1. The van der Waals surface area contributed by atoms with Crippen LogP contribution in [0, 0.1) is 0 Å². The first-order valence-electron chi connectivity index (χ1n) is 8.83. The predicted molar refractivity (Wildman–Crippen MR) is 103 cm³/mol. The second-order valence-electron chi connectivity index (χ2n) is 9.67. The highest BCUT2D eigenvalue weighted by molar-refractivity contribution is 6.05. The van der Waals surface area contributed by atoms with Crippen molar-refractivity contribution in [3.8, 4) is 0 Å². The summed E-state index contributed by atoms with van der Waals surface area (Å²) in [7, 11) is 2.63. The molecule has 146 valence electrons. The Labute approximate surface area is 157 Å².